The molecular formula is C22H26N4O. The Morgan fingerprint density at radius 1 is 1.26 bits per heavy atom. The van der Waals surface area contributed by atoms with Crippen molar-refractivity contribution in [1.82, 2.24) is 15.1 Å². The van der Waals surface area contributed by atoms with E-state index in [2.05, 4.69) is 41.6 Å². The van der Waals surface area contributed by atoms with Gasteiger partial charge in [-0.2, -0.15) is 5.10 Å². The molecule has 1 saturated heterocycles. The fraction of sp³-hybridized carbons (Fsp3) is 0.364. The third kappa shape index (κ3) is 3.23. The quantitative estimate of drug-likeness (QED) is 0.729. The zero-order valence-corrected chi connectivity index (χ0v) is 15.7. The lowest BCUT2D eigenvalue weighted by Crippen LogP contribution is -2.43. The van der Waals surface area contributed by atoms with Crippen LogP contribution in [0.25, 0.3) is 16.6 Å². The zero-order chi connectivity index (χ0) is 18.9. The minimum absolute atomic E-state index is 0.236. The van der Waals surface area contributed by atoms with E-state index in [1.807, 2.05) is 23.0 Å². The maximum atomic E-state index is 11.6. The largest absolute Gasteiger partial charge is 0.366 e. The van der Waals surface area contributed by atoms with Gasteiger partial charge in [0.25, 0.3) is 5.91 Å². The fourth-order valence-electron chi connectivity index (χ4n) is 4.39. The number of rotatable bonds is 5. The molecule has 0 aliphatic carbocycles. The highest BCUT2D eigenvalue weighted by Gasteiger charge is 2.32. The lowest BCUT2D eigenvalue weighted by molar-refractivity contribution is 0.100. The molecule has 1 fully saturated rings. The van der Waals surface area contributed by atoms with Crippen molar-refractivity contribution in [2.24, 2.45) is 5.73 Å². The summed E-state index contributed by atoms with van der Waals surface area (Å²) in [5.41, 5.74) is 9.20. The molecule has 5 nitrogen and oxygen atoms in total. The number of hydrogen-bond acceptors (Lipinski definition) is 3. The molecule has 1 aliphatic rings. The van der Waals surface area contributed by atoms with E-state index in [0.29, 0.717) is 11.1 Å². The van der Waals surface area contributed by atoms with Gasteiger partial charge in [-0.3, -0.25) is 4.79 Å². The zero-order valence-electron chi connectivity index (χ0n) is 15.7. The van der Waals surface area contributed by atoms with Gasteiger partial charge >= 0.3 is 0 Å². The van der Waals surface area contributed by atoms with Gasteiger partial charge in [0.05, 0.1) is 11.3 Å². The molecule has 5 heteroatoms. The number of hydrogen-bond donors (Lipinski definition) is 2. The highest BCUT2D eigenvalue weighted by molar-refractivity contribution is 6.04. The first-order valence-corrected chi connectivity index (χ1v) is 9.73. The second-order valence-electron chi connectivity index (χ2n) is 7.54. The van der Waals surface area contributed by atoms with Crippen LogP contribution in [0.1, 0.15) is 48.5 Å². The van der Waals surface area contributed by atoms with Crippen molar-refractivity contribution in [3.8, 4) is 5.69 Å². The molecule has 1 atom stereocenters. The SMILES string of the molecule is CCCC1(c2ccc(-n3cc4cccc(C(N)=O)c4n3)cc2)CCCNC1. The highest BCUT2D eigenvalue weighted by Crippen LogP contribution is 2.36. The first-order valence-electron chi connectivity index (χ1n) is 9.73. The van der Waals surface area contributed by atoms with Crippen LogP contribution in [0.3, 0.4) is 0 Å². The number of nitrogens with zero attached hydrogens (tertiary/aromatic N) is 2. The van der Waals surface area contributed by atoms with Crippen LogP contribution < -0.4 is 11.1 Å². The molecule has 0 saturated carbocycles. The molecule has 4 rings (SSSR count). The summed E-state index contributed by atoms with van der Waals surface area (Å²) in [6, 6.07) is 14.2. The second kappa shape index (κ2) is 7.16. The molecule has 27 heavy (non-hydrogen) atoms. The Bertz CT molecular complexity index is 947. The molecule has 3 N–H and O–H groups in total. The topological polar surface area (TPSA) is 72.9 Å². The standard InChI is InChI=1S/C22H26N4O/c1-2-11-22(12-4-13-24-15-22)17-7-9-18(10-8-17)26-14-16-5-3-6-19(21(23)27)20(16)25-26/h3,5-10,14,24H,2,4,11-13,15H2,1H3,(H2,23,27). The summed E-state index contributed by atoms with van der Waals surface area (Å²) in [6.07, 6.45) is 6.79. The first kappa shape index (κ1) is 17.7. The van der Waals surface area contributed by atoms with Crippen LogP contribution in [0.15, 0.2) is 48.7 Å². The number of amides is 1. The molecule has 3 aromatic rings. The summed E-state index contributed by atoms with van der Waals surface area (Å²) in [6.45, 7) is 4.43. The van der Waals surface area contributed by atoms with Gasteiger partial charge in [-0.15, -0.1) is 0 Å². The maximum Gasteiger partial charge on any atom is 0.250 e. The summed E-state index contributed by atoms with van der Waals surface area (Å²) in [5.74, 6) is -0.451. The molecule has 2 aromatic carbocycles. The Kier molecular flexibility index (Phi) is 4.70. The number of carbonyl (C=O) groups excluding carboxylic acids is 1. The second-order valence-corrected chi connectivity index (χ2v) is 7.54. The van der Waals surface area contributed by atoms with Gasteiger partial charge in [0.15, 0.2) is 0 Å². The average Bonchev–Trinajstić information content (AvgIpc) is 3.13. The summed E-state index contributed by atoms with van der Waals surface area (Å²) < 4.78 is 1.83. The first-order chi connectivity index (χ1) is 13.1. The molecule has 0 spiro atoms. The predicted molar refractivity (Wildman–Crippen MR) is 108 cm³/mol. The molecule has 0 bridgehead atoms. The van der Waals surface area contributed by atoms with Gasteiger partial charge in [-0.1, -0.05) is 37.6 Å². The van der Waals surface area contributed by atoms with Crippen molar-refractivity contribution in [3.63, 3.8) is 0 Å². The van der Waals surface area contributed by atoms with Crippen LogP contribution in [-0.4, -0.2) is 28.8 Å². The van der Waals surface area contributed by atoms with Crippen LogP contribution in [-0.2, 0) is 5.41 Å². The Hall–Kier alpha value is -2.66. The third-order valence-corrected chi connectivity index (χ3v) is 5.75. The highest BCUT2D eigenvalue weighted by atomic mass is 16.1. The van der Waals surface area contributed by atoms with E-state index in [9.17, 15) is 4.79 Å². The number of nitrogens with two attached hydrogens (primary N) is 1. The Balaban J connectivity index is 1.69. The number of aromatic nitrogens is 2. The van der Waals surface area contributed by atoms with Gasteiger partial charge in [-0.05, 0) is 49.6 Å². The van der Waals surface area contributed by atoms with Crippen molar-refractivity contribution in [2.75, 3.05) is 13.1 Å². The van der Waals surface area contributed by atoms with Crippen LogP contribution in [0.4, 0.5) is 0 Å². The number of piperidine rings is 1. The summed E-state index contributed by atoms with van der Waals surface area (Å²) in [7, 11) is 0. The van der Waals surface area contributed by atoms with Crippen LogP contribution >= 0.6 is 0 Å². The van der Waals surface area contributed by atoms with Crippen molar-refractivity contribution in [2.45, 2.75) is 38.0 Å². The van der Waals surface area contributed by atoms with E-state index in [-0.39, 0.29) is 5.41 Å². The van der Waals surface area contributed by atoms with Crippen molar-refractivity contribution in [1.29, 1.82) is 0 Å². The summed E-state index contributed by atoms with van der Waals surface area (Å²) >= 11 is 0. The maximum absolute atomic E-state index is 11.6. The van der Waals surface area contributed by atoms with E-state index in [4.69, 9.17) is 5.73 Å². The van der Waals surface area contributed by atoms with E-state index in [1.54, 1.807) is 6.07 Å². The number of fused-ring (bicyclic) bond motifs is 1. The lowest BCUT2D eigenvalue weighted by atomic mass is 9.72. The van der Waals surface area contributed by atoms with E-state index < -0.39 is 5.91 Å². The van der Waals surface area contributed by atoms with E-state index in [0.717, 1.165) is 24.2 Å². The monoisotopic (exact) mass is 362 g/mol. The smallest absolute Gasteiger partial charge is 0.250 e. The molecule has 140 valence electrons. The van der Waals surface area contributed by atoms with E-state index >= 15 is 0 Å². The Morgan fingerprint density at radius 3 is 2.74 bits per heavy atom. The number of primary amides is 1. The predicted octanol–water partition coefficient (Wildman–Crippen LogP) is 3.55. The van der Waals surface area contributed by atoms with Crippen LogP contribution in [0, 0.1) is 0 Å². The molecule has 1 aromatic heterocycles. The average molecular weight is 362 g/mol. The normalized spacial score (nSPS) is 20.0. The molecule has 0 radical (unpaired) electrons. The minimum Gasteiger partial charge on any atom is -0.366 e. The van der Waals surface area contributed by atoms with Crippen molar-refractivity contribution >= 4 is 16.8 Å². The summed E-state index contributed by atoms with van der Waals surface area (Å²) in [4.78, 5) is 11.6. The van der Waals surface area contributed by atoms with Gasteiger partial charge in [0.1, 0.15) is 5.52 Å². The molecular weight excluding hydrogens is 336 g/mol. The van der Waals surface area contributed by atoms with Gasteiger partial charge in [0, 0.05) is 23.5 Å². The van der Waals surface area contributed by atoms with Gasteiger partial charge < -0.3 is 11.1 Å². The van der Waals surface area contributed by atoms with Crippen LogP contribution in [0.5, 0.6) is 0 Å². The number of benzene rings is 2. The lowest BCUT2D eigenvalue weighted by Gasteiger charge is -2.38. The minimum atomic E-state index is -0.451. The van der Waals surface area contributed by atoms with Crippen LogP contribution in [0.2, 0.25) is 0 Å². The molecule has 1 aliphatic heterocycles. The van der Waals surface area contributed by atoms with Crippen molar-refractivity contribution < 1.29 is 4.79 Å². The van der Waals surface area contributed by atoms with E-state index in [1.165, 1.54) is 31.2 Å². The fourth-order valence-corrected chi connectivity index (χ4v) is 4.39. The number of nitrogens with one attached hydrogen (secondary N) is 1. The Labute approximate surface area is 159 Å². The Morgan fingerprint density at radius 2 is 2.07 bits per heavy atom. The van der Waals surface area contributed by atoms with Crippen molar-refractivity contribution in [3.05, 3.63) is 59.8 Å². The molecule has 1 unspecified atom stereocenters. The number of carbonyl (C=O) groups is 1. The molecule has 2 heterocycles. The summed E-state index contributed by atoms with van der Waals surface area (Å²) in [5, 5.41) is 9.09. The third-order valence-electron chi connectivity index (χ3n) is 5.75. The molecule has 1 amide bonds. The van der Waals surface area contributed by atoms with Gasteiger partial charge in [-0.25, -0.2) is 4.68 Å². The van der Waals surface area contributed by atoms with Gasteiger partial charge in [0.2, 0.25) is 0 Å².